The Bertz CT molecular complexity index is 429. The molecule has 0 aliphatic carbocycles. The molecule has 17 heavy (non-hydrogen) atoms. The fourth-order valence-electron chi connectivity index (χ4n) is 1.88. The van der Waals surface area contributed by atoms with Gasteiger partial charge in [0.05, 0.1) is 0 Å². The summed E-state index contributed by atoms with van der Waals surface area (Å²) in [5.41, 5.74) is 3.96. The first-order valence-corrected chi connectivity index (χ1v) is 5.81. The predicted octanol–water partition coefficient (Wildman–Crippen LogP) is 4.35. The summed E-state index contributed by atoms with van der Waals surface area (Å²) in [6.07, 6.45) is 1.16. The normalized spacial score (nSPS) is 10.1. The van der Waals surface area contributed by atoms with Crippen molar-refractivity contribution in [2.24, 2.45) is 5.92 Å². The molecule has 0 saturated carbocycles. The molecule has 0 aromatic heterocycles. The third-order valence-electron chi connectivity index (χ3n) is 2.65. The van der Waals surface area contributed by atoms with Gasteiger partial charge in [-0.05, 0) is 23.5 Å². The van der Waals surface area contributed by atoms with Gasteiger partial charge in [0, 0.05) is 32.7 Å². The van der Waals surface area contributed by atoms with E-state index in [0.717, 1.165) is 12.3 Å². The van der Waals surface area contributed by atoms with Crippen molar-refractivity contribution in [2.45, 2.75) is 20.3 Å². The Morgan fingerprint density at radius 3 is 1.94 bits per heavy atom. The zero-order valence-electron chi connectivity index (χ0n) is 10.5. The molecule has 0 aliphatic heterocycles. The summed E-state index contributed by atoms with van der Waals surface area (Å²) in [6, 6.07) is 20.0. The molecule has 1 radical (unpaired) electrons. The van der Waals surface area contributed by atoms with Crippen molar-refractivity contribution < 1.29 is 32.7 Å². The molecule has 2 aromatic carbocycles. The molecule has 0 heterocycles. The van der Waals surface area contributed by atoms with Gasteiger partial charge in [0.2, 0.25) is 0 Å². The molecule has 85 valence electrons. The van der Waals surface area contributed by atoms with Gasteiger partial charge < -0.3 is 0 Å². The van der Waals surface area contributed by atoms with Crippen molar-refractivity contribution in [3.63, 3.8) is 0 Å². The second-order valence-electron chi connectivity index (χ2n) is 4.58. The molecule has 0 saturated heterocycles. The molecule has 1 heteroatoms. The molecule has 0 bridgehead atoms. The molecule has 0 N–H and O–H groups in total. The Morgan fingerprint density at radius 2 is 1.41 bits per heavy atom. The van der Waals surface area contributed by atoms with Crippen LogP contribution in [0.3, 0.4) is 0 Å². The standard InChI is InChI=1S/C16H17.Y/c1-13(2)12-14-8-10-16(11-9-14)15-6-4-3-5-7-15;/h4-11,13H,12H2,1-2H3;/q-1;. The molecule has 0 amide bonds. The third kappa shape index (κ3) is 4.37. The van der Waals surface area contributed by atoms with Crippen LogP contribution in [0.5, 0.6) is 0 Å². The van der Waals surface area contributed by atoms with E-state index in [9.17, 15) is 0 Å². The zero-order chi connectivity index (χ0) is 11.4. The summed E-state index contributed by atoms with van der Waals surface area (Å²) < 4.78 is 0. The van der Waals surface area contributed by atoms with Gasteiger partial charge in [-0.15, -0.1) is 5.56 Å². The van der Waals surface area contributed by atoms with Gasteiger partial charge in [0.15, 0.2) is 0 Å². The Morgan fingerprint density at radius 1 is 0.882 bits per heavy atom. The average molecular weight is 298 g/mol. The predicted molar refractivity (Wildman–Crippen MR) is 69.3 cm³/mol. The quantitative estimate of drug-likeness (QED) is 0.739. The number of rotatable bonds is 3. The van der Waals surface area contributed by atoms with Crippen LogP contribution in [0, 0.1) is 12.0 Å². The number of hydrogen-bond donors (Lipinski definition) is 0. The van der Waals surface area contributed by atoms with Crippen LogP contribution in [-0.4, -0.2) is 0 Å². The zero-order valence-corrected chi connectivity index (χ0v) is 13.3. The van der Waals surface area contributed by atoms with Crippen LogP contribution in [0.4, 0.5) is 0 Å². The fraction of sp³-hybridized carbons (Fsp3) is 0.250. The van der Waals surface area contributed by atoms with Gasteiger partial charge in [0.1, 0.15) is 0 Å². The molecular weight excluding hydrogens is 281 g/mol. The minimum Gasteiger partial charge on any atom is -0.184 e. The van der Waals surface area contributed by atoms with Crippen LogP contribution < -0.4 is 0 Å². The van der Waals surface area contributed by atoms with E-state index in [2.05, 4.69) is 56.3 Å². The van der Waals surface area contributed by atoms with E-state index in [-0.39, 0.29) is 32.7 Å². The molecule has 0 fully saturated rings. The van der Waals surface area contributed by atoms with Crippen molar-refractivity contribution in [3.8, 4) is 11.1 Å². The minimum atomic E-state index is 0. The summed E-state index contributed by atoms with van der Waals surface area (Å²) in [5.74, 6) is 0.720. The van der Waals surface area contributed by atoms with Gasteiger partial charge in [-0.2, -0.15) is 30.3 Å². The van der Waals surface area contributed by atoms with Gasteiger partial charge in [-0.1, -0.05) is 38.1 Å². The summed E-state index contributed by atoms with van der Waals surface area (Å²) in [5, 5.41) is 0. The first-order valence-electron chi connectivity index (χ1n) is 5.81. The maximum absolute atomic E-state index is 3.04. The molecular formula is C16H17Y-. The van der Waals surface area contributed by atoms with Gasteiger partial charge in [-0.25, -0.2) is 0 Å². The van der Waals surface area contributed by atoms with Crippen LogP contribution >= 0.6 is 0 Å². The SMILES string of the molecule is CC(C)Cc1ccc(-c2cc[c-]cc2)cc1.[Y]. The molecule has 0 atom stereocenters. The average Bonchev–Trinajstić information content (AvgIpc) is 2.30. The van der Waals surface area contributed by atoms with E-state index >= 15 is 0 Å². The molecule has 0 unspecified atom stereocenters. The third-order valence-corrected chi connectivity index (χ3v) is 2.65. The molecule has 0 aliphatic rings. The Labute approximate surface area is 129 Å². The second-order valence-corrected chi connectivity index (χ2v) is 4.58. The van der Waals surface area contributed by atoms with E-state index in [1.807, 2.05) is 12.1 Å². The van der Waals surface area contributed by atoms with Gasteiger partial charge in [-0.3, -0.25) is 0 Å². The number of benzene rings is 2. The van der Waals surface area contributed by atoms with E-state index in [1.54, 1.807) is 0 Å². The summed E-state index contributed by atoms with van der Waals surface area (Å²) >= 11 is 0. The van der Waals surface area contributed by atoms with E-state index in [1.165, 1.54) is 16.7 Å². The Kier molecular flexibility index (Phi) is 6.09. The summed E-state index contributed by atoms with van der Waals surface area (Å²) in [4.78, 5) is 0. The van der Waals surface area contributed by atoms with Crippen LogP contribution in [0.25, 0.3) is 11.1 Å². The van der Waals surface area contributed by atoms with Crippen LogP contribution in [-0.2, 0) is 39.1 Å². The monoisotopic (exact) mass is 298 g/mol. The van der Waals surface area contributed by atoms with Crippen molar-refractivity contribution in [3.05, 3.63) is 60.2 Å². The van der Waals surface area contributed by atoms with Crippen LogP contribution in [0.1, 0.15) is 19.4 Å². The molecule has 0 spiro atoms. The first kappa shape index (κ1) is 14.6. The first-order chi connectivity index (χ1) is 7.75. The maximum atomic E-state index is 3.04. The minimum absolute atomic E-state index is 0. The van der Waals surface area contributed by atoms with Crippen molar-refractivity contribution >= 4 is 0 Å². The smallest absolute Gasteiger partial charge is 0 e. The fourth-order valence-corrected chi connectivity index (χ4v) is 1.88. The van der Waals surface area contributed by atoms with E-state index in [0.29, 0.717) is 0 Å². The van der Waals surface area contributed by atoms with Crippen molar-refractivity contribution in [2.75, 3.05) is 0 Å². The Hall–Kier alpha value is -0.456. The van der Waals surface area contributed by atoms with E-state index < -0.39 is 0 Å². The van der Waals surface area contributed by atoms with Gasteiger partial charge in [0.25, 0.3) is 0 Å². The largest absolute Gasteiger partial charge is 0.184 e. The summed E-state index contributed by atoms with van der Waals surface area (Å²) in [6.45, 7) is 4.50. The maximum Gasteiger partial charge on any atom is 0 e. The van der Waals surface area contributed by atoms with Crippen LogP contribution in [0.15, 0.2) is 48.5 Å². The van der Waals surface area contributed by atoms with Crippen molar-refractivity contribution in [1.82, 2.24) is 0 Å². The second kappa shape index (κ2) is 7.08. The molecule has 0 nitrogen and oxygen atoms in total. The van der Waals surface area contributed by atoms with Crippen LogP contribution in [0.2, 0.25) is 0 Å². The molecule has 2 rings (SSSR count). The van der Waals surface area contributed by atoms with Crippen molar-refractivity contribution in [1.29, 1.82) is 0 Å². The number of hydrogen-bond acceptors (Lipinski definition) is 0. The molecule has 2 aromatic rings. The Balaban J connectivity index is 0.00000144. The van der Waals surface area contributed by atoms with Gasteiger partial charge >= 0.3 is 0 Å². The summed E-state index contributed by atoms with van der Waals surface area (Å²) in [7, 11) is 0. The topological polar surface area (TPSA) is 0 Å². The van der Waals surface area contributed by atoms with E-state index in [4.69, 9.17) is 0 Å².